The average Bonchev–Trinajstić information content (AvgIpc) is 3.03. The monoisotopic (exact) mass is 475 g/mol. The summed E-state index contributed by atoms with van der Waals surface area (Å²) in [6.45, 7) is 0.194. The van der Waals surface area contributed by atoms with Crippen molar-refractivity contribution in [1.82, 2.24) is 0 Å². The van der Waals surface area contributed by atoms with Crippen molar-refractivity contribution in [2.24, 2.45) is 0 Å². The van der Waals surface area contributed by atoms with E-state index in [-0.39, 0.29) is 18.7 Å². The van der Waals surface area contributed by atoms with Gasteiger partial charge in [0.2, 0.25) is 0 Å². The van der Waals surface area contributed by atoms with Crippen molar-refractivity contribution in [3.05, 3.63) is 112 Å². The third kappa shape index (κ3) is 3.80. The van der Waals surface area contributed by atoms with Gasteiger partial charge in [-0.3, -0.25) is 9.59 Å². The fourth-order valence-corrected chi connectivity index (χ4v) is 4.67. The largest absolute Gasteiger partial charge is 0.375 e. The highest BCUT2D eigenvalue weighted by Crippen LogP contribution is 2.43. The first-order valence-corrected chi connectivity index (χ1v) is 11.2. The van der Waals surface area contributed by atoms with Crippen LogP contribution in [-0.2, 0) is 16.9 Å². The number of nitrogens with zero attached hydrogens (tertiary/aromatic N) is 1. The van der Waals surface area contributed by atoms with Gasteiger partial charge in [0.05, 0.1) is 28.7 Å². The van der Waals surface area contributed by atoms with Crippen molar-refractivity contribution in [1.29, 1.82) is 0 Å². The number of rotatable bonds is 5. The van der Waals surface area contributed by atoms with Crippen LogP contribution in [-0.4, -0.2) is 16.8 Å². The van der Waals surface area contributed by atoms with Gasteiger partial charge in [0.15, 0.2) is 11.4 Å². The second kappa shape index (κ2) is 8.31. The maximum absolute atomic E-state index is 13.5. The predicted octanol–water partition coefficient (Wildman–Crippen LogP) is 6.15. The van der Waals surface area contributed by atoms with Gasteiger partial charge in [-0.25, -0.2) is 0 Å². The van der Waals surface area contributed by atoms with E-state index >= 15 is 0 Å². The Bertz CT molecular complexity index is 1420. The van der Waals surface area contributed by atoms with Crippen molar-refractivity contribution >= 4 is 51.4 Å². The van der Waals surface area contributed by atoms with Gasteiger partial charge in [-0.05, 0) is 40.6 Å². The maximum Gasteiger partial charge on any atom is 0.264 e. The molecule has 1 heterocycles. The van der Waals surface area contributed by atoms with Gasteiger partial charge in [0.1, 0.15) is 0 Å². The predicted molar refractivity (Wildman–Crippen MR) is 131 cm³/mol. The molecule has 0 saturated heterocycles. The minimum atomic E-state index is -1.95. The number of ketones is 1. The van der Waals surface area contributed by atoms with Crippen molar-refractivity contribution in [3.8, 4) is 0 Å². The van der Waals surface area contributed by atoms with E-state index in [1.54, 1.807) is 54.6 Å². The number of amides is 1. The third-order valence-corrected chi connectivity index (χ3v) is 6.79. The molecule has 0 fully saturated rings. The Hall–Kier alpha value is -3.18. The number of para-hydroxylation sites is 1. The van der Waals surface area contributed by atoms with Gasteiger partial charge in [-0.15, -0.1) is 0 Å². The summed E-state index contributed by atoms with van der Waals surface area (Å²) in [5, 5.41) is 14.3. The minimum Gasteiger partial charge on any atom is -0.375 e. The molecule has 0 saturated carbocycles. The second-order valence-electron chi connectivity index (χ2n) is 8.18. The Morgan fingerprint density at radius 3 is 2.36 bits per heavy atom. The number of halogens is 2. The van der Waals surface area contributed by atoms with Crippen LogP contribution in [0.2, 0.25) is 10.0 Å². The molecule has 1 N–H and O–H groups in total. The molecule has 0 bridgehead atoms. The molecule has 0 aliphatic carbocycles. The molecule has 4 aromatic rings. The highest BCUT2D eigenvalue weighted by molar-refractivity contribution is 6.42. The van der Waals surface area contributed by atoms with E-state index in [9.17, 15) is 14.7 Å². The summed E-state index contributed by atoms with van der Waals surface area (Å²) >= 11 is 12.2. The molecule has 4 aromatic carbocycles. The van der Waals surface area contributed by atoms with E-state index in [0.29, 0.717) is 26.9 Å². The topological polar surface area (TPSA) is 57.6 Å². The van der Waals surface area contributed by atoms with E-state index in [0.717, 1.165) is 16.3 Å². The summed E-state index contributed by atoms with van der Waals surface area (Å²) in [5.74, 6) is -0.841. The van der Waals surface area contributed by atoms with Crippen molar-refractivity contribution in [3.63, 3.8) is 0 Å². The Morgan fingerprint density at radius 1 is 0.848 bits per heavy atom. The molecule has 5 rings (SSSR count). The van der Waals surface area contributed by atoms with E-state index in [1.807, 2.05) is 30.3 Å². The van der Waals surface area contributed by atoms with Crippen molar-refractivity contribution in [2.75, 3.05) is 4.90 Å². The first-order chi connectivity index (χ1) is 15.9. The summed E-state index contributed by atoms with van der Waals surface area (Å²) in [4.78, 5) is 28.2. The Kier molecular flexibility index (Phi) is 5.45. The smallest absolute Gasteiger partial charge is 0.264 e. The molecule has 6 heteroatoms. The van der Waals surface area contributed by atoms with Crippen molar-refractivity contribution in [2.45, 2.75) is 18.6 Å². The fourth-order valence-electron chi connectivity index (χ4n) is 4.35. The molecule has 1 atom stereocenters. The number of carbonyl (C=O) groups excluding carboxylic acids is 2. The summed E-state index contributed by atoms with van der Waals surface area (Å²) in [7, 11) is 0. The van der Waals surface area contributed by atoms with Crippen LogP contribution in [0, 0.1) is 0 Å². The number of anilines is 1. The number of carbonyl (C=O) groups is 2. The van der Waals surface area contributed by atoms with Crippen LogP contribution >= 0.6 is 23.2 Å². The van der Waals surface area contributed by atoms with Crippen LogP contribution in [0.15, 0.2) is 84.9 Å². The number of hydrogen-bond donors (Lipinski definition) is 1. The molecule has 1 aliphatic rings. The molecule has 33 heavy (non-hydrogen) atoms. The van der Waals surface area contributed by atoms with Crippen LogP contribution in [0.5, 0.6) is 0 Å². The van der Waals surface area contributed by atoms with E-state index in [2.05, 4.69) is 0 Å². The highest BCUT2D eigenvalue weighted by atomic mass is 35.5. The minimum absolute atomic E-state index is 0.194. The summed E-state index contributed by atoms with van der Waals surface area (Å²) in [5.41, 5.74) is 0.259. The average molecular weight is 476 g/mol. The lowest BCUT2D eigenvalue weighted by Crippen LogP contribution is -2.41. The first kappa shape index (κ1) is 21.7. The number of Topliss-reactive ketones (excluding diaryl/α,β-unsaturated/α-hetero) is 1. The Balaban J connectivity index is 1.48. The number of fused-ring (bicyclic) bond motifs is 2. The van der Waals surface area contributed by atoms with Gasteiger partial charge < -0.3 is 10.0 Å². The molecule has 4 nitrogen and oxygen atoms in total. The number of benzene rings is 4. The number of hydrogen-bond acceptors (Lipinski definition) is 3. The zero-order chi connectivity index (χ0) is 23.2. The molecule has 0 radical (unpaired) electrons. The molecular formula is C27H19Cl2NO3. The summed E-state index contributed by atoms with van der Waals surface area (Å²) < 4.78 is 0. The SMILES string of the molecule is O=C(CC1(O)C(=O)N(Cc2ccc(Cl)c(Cl)c2)c2ccccc21)c1ccc2ccccc2c1. The van der Waals surface area contributed by atoms with Gasteiger partial charge in [0.25, 0.3) is 5.91 Å². The van der Waals surface area contributed by atoms with E-state index in [1.165, 1.54) is 4.90 Å². The van der Waals surface area contributed by atoms with Gasteiger partial charge >= 0.3 is 0 Å². The van der Waals surface area contributed by atoms with Gasteiger partial charge in [-0.1, -0.05) is 83.9 Å². The molecule has 1 amide bonds. The Labute approximate surface area is 201 Å². The quantitative estimate of drug-likeness (QED) is 0.352. The van der Waals surface area contributed by atoms with Crippen LogP contribution in [0.3, 0.4) is 0 Å². The normalized spacial score (nSPS) is 17.4. The fraction of sp³-hybridized carbons (Fsp3) is 0.111. The third-order valence-electron chi connectivity index (χ3n) is 6.05. The zero-order valence-electron chi connectivity index (χ0n) is 17.5. The standard InChI is InChI=1S/C27H19Cl2NO3/c28-22-12-9-17(13-23(22)29)16-30-24-8-4-3-7-21(24)27(33,26(30)32)15-25(31)20-11-10-18-5-1-2-6-19(18)14-20/h1-14,33H,15-16H2. The molecule has 1 aliphatic heterocycles. The van der Waals surface area contributed by atoms with E-state index < -0.39 is 11.5 Å². The molecule has 0 aromatic heterocycles. The lowest BCUT2D eigenvalue weighted by Gasteiger charge is -2.23. The first-order valence-electron chi connectivity index (χ1n) is 10.5. The lowest BCUT2D eigenvalue weighted by atomic mass is 9.88. The second-order valence-corrected chi connectivity index (χ2v) is 8.99. The van der Waals surface area contributed by atoms with Gasteiger partial charge in [0, 0.05) is 11.1 Å². The molecular weight excluding hydrogens is 457 g/mol. The van der Waals surface area contributed by atoms with E-state index in [4.69, 9.17) is 23.2 Å². The van der Waals surface area contributed by atoms with Crippen LogP contribution < -0.4 is 4.90 Å². The lowest BCUT2D eigenvalue weighted by molar-refractivity contribution is -0.136. The highest BCUT2D eigenvalue weighted by Gasteiger charge is 2.50. The van der Waals surface area contributed by atoms with Gasteiger partial charge in [-0.2, -0.15) is 0 Å². The number of aliphatic hydroxyl groups is 1. The zero-order valence-corrected chi connectivity index (χ0v) is 19.0. The van der Waals surface area contributed by atoms with Crippen LogP contribution in [0.4, 0.5) is 5.69 Å². The maximum atomic E-state index is 13.5. The van der Waals surface area contributed by atoms with Crippen LogP contribution in [0.1, 0.15) is 27.9 Å². The van der Waals surface area contributed by atoms with Crippen molar-refractivity contribution < 1.29 is 14.7 Å². The Morgan fingerprint density at radius 2 is 1.58 bits per heavy atom. The molecule has 164 valence electrons. The molecule has 0 spiro atoms. The molecule has 1 unspecified atom stereocenters. The van der Waals surface area contributed by atoms with Crippen LogP contribution in [0.25, 0.3) is 10.8 Å². The summed E-state index contributed by atoms with van der Waals surface area (Å²) in [6, 6.07) is 25.3. The summed E-state index contributed by atoms with van der Waals surface area (Å²) in [6.07, 6.45) is -0.348.